The number of hydrogen-bond acceptors (Lipinski definition) is 2. The predicted molar refractivity (Wildman–Crippen MR) is 69.5 cm³/mol. The van der Waals surface area contributed by atoms with Gasteiger partial charge in [0.2, 0.25) is 5.95 Å². The summed E-state index contributed by atoms with van der Waals surface area (Å²) in [6.07, 6.45) is 6.79. The van der Waals surface area contributed by atoms with Crippen molar-refractivity contribution in [1.82, 2.24) is 10.3 Å². The van der Waals surface area contributed by atoms with E-state index in [1.165, 1.54) is 13.1 Å². The molecule has 1 atom stereocenters. The molecule has 0 unspecified atom stereocenters. The highest BCUT2D eigenvalue weighted by atomic mass is 19.1. The molecule has 0 aliphatic carbocycles. The van der Waals surface area contributed by atoms with Gasteiger partial charge >= 0.3 is 0 Å². The van der Waals surface area contributed by atoms with Crippen molar-refractivity contribution in [3.05, 3.63) is 41.2 Å². The molecule has 0 aromatic carbocycles. The summed E-state index contributed by atoms with van der Waals surface area (Å²) in [6.45, 7) is 6.28. The second kappa shape index (κ2) is 7.21. The predicted octanol–water partition coefficient (Wildman–Crippen LogP) is 3.16. The molecule has 1 N–H and O–H groups in total. The third kappa shape index (κ3) is 3.60. The molecule has 0 amide bonds. The molecule has 0 fully saturated rings. The average molecular weight is 254 g/mol. The second-order valence-electron chi connectivity index (χ2n) is 3.99. The molecule has 0 spiro atoms. The maximum atomic E-state index is 13.6. The Bertz CT molecular complexity index is 417. The number of rotatable bonds is 3. The van der Waals surface area contributed by atoms with E-state index < -0.39 is 11.8 Å². The fourth-order valence-corrected chi connectivity index (χ4v) is 1.82. The summed E-state index contributed by atoms with van der Waals surface area (Å²) in [4.78, 5) is 3.54. The summed E-state index contributed by atoms with van der Waals surface area (Å²) in [5.74, 6) is -1.19. The van der Waals surface area contributed by atoms with Crippen LogP contribution in [-0.2, 0) is 6.42 Å². The Kier molecular flexibility index (Phi) is 5.92. The molecule has 2 heterocycles. The van der Waals surface area contributed by atoms with Gasteiger partial charge in [-0.1, -0.05) is 26.0 Å². The first kappa shape index (κ1) is 14.8. The maximum absolute atomic E-state index is 13.6. The number of aromatic nitrogens is 1. The number of nitrogens with zero attached hydrogens (tertiary/aromatic N) is 1. The topological polar surface area (TPSA) is 24.9 Å². The quantitative estimate of drug-likeness (QED) is 0.662. The van der Waals surface area contributed by atoms with Gasteiger partial charge in [-0.15, -0.1) is 0 Å². The van der Waals surface area contributed by atoms with Crippen LogP contribution in [0.2, 0.25) is 0 Å². The van der Waals surface area contributed by atoms with Gasteiger partial charge in [-0.2, -0.15) is 4.39 Å². The van der Waals surface area contributed by atoms with Gasteiger partial charge in [0, 0.05) is 29.9 Å². The summed E-state index contributed by atoms with van der Waals surface area (Å²) >= 11 is 0. The van der Waals surface area contributed by atoms with Crippen LogP contribution < -0.4 is 5.32 Å². The molecular formula is C14H20F2N2. The zero-order valence-corrected chi connectivity index (χ0v) is 11.1. The van der Waals surface area contributed by atoms with Gasteiger partial charge in [-0.3, -0.25) is 0 Å². The van der Waals surface area contributed by atoms with Crippen molar-refractivity contribution in [1.29, 1.82) is 0 Å². The van der Waals surface area contributed by atoms with Crippen LogP contribution in [0.5, 0.6) is 0 Å². The van der Waals surface area contributed by atoms with Crippen LogP contribution >= 0.6 is 0 Å². The molecule has 100 valence electrons. The molecule has 0 saturated carbocycles. The monoisotopic (exact) mass is 254 g/mol. The SMILES string of the molecule is CC.Cc1c(F)ncc(CC[C@@H]2C=CCN2)c1F. The van der Waals surface area contributed by atoms with E-state index in [1.54, 1.807) is 0 Å². The summed E-state index contributed by atoms with van der Waals surface area (Å²) in [5.41, 5.74) is 0.494. The fourth-order valence-electron chi connectivity index (χ4n) is 1.82. The number of aryl methyl sites for hydroxylation is 1. The Morgan fingerprint density at radius 1 is 1.39 bits per heavy atom. The summed E-state index contributed by atoms with van der Waals surface area (Å²) in [5, 5.41) is 3.24. The molecule has 2 nitrogen and oxygen atoms in total. The van der Waals surface area contributed by atoms with E-state index in [9.17, 15) is 8.78 Å². The van der Waals surface area contributed by atoms with Crippen LogP contribution in [0.25, 0.3) is 0 Å². The average Bonchev–Trinajstić information content (AvgIpc) is 2.91. The number of halogens is 2. The number of pyridine rings is 1. The fraction of sp³-hybridized carbons (Fsp3) is 0.500. The first-order valence-electron chi connectivity index (χ1n) is 6.38. The van der Waals surface area contributed by atoms with E-state index in [4.69, 9.17) is 0 Å². The van der Waals surface area contributed by atoms with Crippen molar-refractivity contribution in [2.24, 2.45) is 0 Å². The lowest BCUT2D eigenvalue weighted by Gasteiger charge is -2.10. The molecule has 0 saturated heterocycles. The summed E-state index contributed by atoms with van der Waals surface area (Å²) in [7, 11) is 0. The molecule has 1 aromatic heterocycles. The van der Waals surface area contributed by atoms with Crippen LogP contribution in [0.3, 0.4) is 0 Å². The van der Waals surface area contributed by atoms with Crippen LogP contribution in [0.4, 0.5) is 8.78 Å². The van der Waals surface area contributed by atoms with E-state index in [0.29, 0.717) is 18.0 Å². The minimum absolute atomic E-state index is 0.00687. The van der Waals surface area contributed by atoms with Gasteiger partial charge in [0.25, 0.3) is 0 Å². The van der Waals surface area contributed by atoms with Crippen molar-refractivity contribution >= 4 is 0 Å². The van der Waals surface area contributed by atoms with Crippen LogP contribution in [0.15, 0.2) is 18.3 Å². The smallest absolute Gasteiger partial charge is 0.218 e. The molecule has 1 aliphatic heterocycles. The highest BCUT2D eigenvalue weighted by Gasteiger charge is 2.13. The molecule has 0 radical (unpaired) electrons. The largest absolute Gasteiger partial charge is 0.307 e. The van der Waals surface area contributed by atoms with Gasteiger partial charge in [0.05, 0.1) is 0 Å². The van der Waals surface area contributed by atoms with E-state index in [-0.39, 0.29) is 5.56 Å². The van der Waals surface area contributed by atoms with Crippen molar-refractivity contribution in [3.63, 3.8) is 0 Å². The number of nitrogens with one attached hydrogen (secondary N) is 1. The standard InChI is InChI=1S/C12H14F2N2.C2H6/c1-8-11(13)9(7-16-12(8)14)4-5-10-3-2-6-15-10;1-2/h2-3,7,10,15H,4-6H2,1H3;1-2H3/t10-;/m0./s1. The molecule has 4 heteroatoms. The van der Waals surface area contributed by atoms with Gasteiger partial charge in [-0.25, -0.2) is 9.37 Å². The third-order valence-corrected chi connectivity index (χ3v) is 2.85. The highest BCUT2D eigenvalue weighted by molar-refractivity contribution is 5.21. The Labute approximate surface area is 107 Å². The maximum Gasteiger partial charge on any atom is 0.218 e. The molecule has 0 bridgehead atoms. The van der Waals surface area contributed by atoms with Gasteiger partial charge in [0.1, 0.15) is 5.82 Å². The van der Waals surface area contributed by atoms with Crippen LogP contribution in [0, 0.1) is 18.7 Å². The van der Waals surface area contributed by atoms with Crippen molar-refractivity contribution in [2.75, 3.05) is 6.54 Å². The third-order valence-electron chi connectivity index (χ3n) is 2.85. The Balaban J connectivity index is 0.000000771. The van der Waals surface area contributed by atoms with Crippen LogP contribution in [-0.4, -0.2) is 17.6 Å². The lowest BCUT2D eigenvalue weighted by atomic mass is 10.1. The first-order chi connectivity index (χ1) is 8.68. The molecule has 2 rings (SSSR count). The minimum Gasteiger partial charge on any atom is -0.307 e. The molecule has 18 heavy (non-hydrogen) atoms. The van der Waals surface area contributed by atoms with E-state index in [1.807, 2.05) is 13.8 Å². The zero-order chi connectivity index (χ0) is 13.5. The van der Waals surface area contributed by atoms with Crippen molar-refractivity contribution in [2.45, 2.75) is 39.7 Å². The molecule has 1 aliphatic rings. The molecule has 1 aromatic rings. The van der Waals surface area contributed by atoms with E-state index in [0.717, 1.165) is 13.0 Å². The van der Waals surface area contributed by atoms with Gasteiger partial charge in [-0.05, 0) is 19.8 Å². The van der Waals surface area contributed by atoms with Gasteiger partial charge < -0.3 is 5.32 Å². The lowest BCUT2D eigenvalue weighted by molar-refractivity contribution is 0.521. The second-order valence-corrected chi connectivity index (χ2v) is 3.99. The highest BCUT2D eigenvalue weighted by Crippen LogP contribution is 2.16. The Morgan fingerprint density at radius 3 is 2.72 bits per heavy atom. The van der Waals surface area contributed by atoms with E-state index >= 15 is 0 Å². The van der Waals surface area contributed by atoms with Crippen molar-refractivity contribution < 1.29 is 8.78 Å². The lowest BCUT2D eigenvalue weighted by Crippen LogP contribution is -2.22. The van der Waals surface area contributed by atoms with E-state index in [2.05, 4.69) is 22.5 Å². The summed E-state index contributed by atoms with van der Waals surface area (Å²) < 4.78 is 26.5. The Morgan fingerprint density at radius 2 is 2.11 bits per heavy atom. The Hall–Kier alpha value is -1.29. The van der Waals surface area contributed by atoms with Gasteiger partial charge in [0.15, 0.2) is 0 Å². The van der Waals surface area contributed by atoms with Crippen molar-refractivity contribution in [3.8, 4) is 0 Å². The molecular weight excluding hydrogens is 234 g/mol. The normalized spacial score (nSPS) is 17.5. The minimum atomic E-state index is -0.722. The zero-order valence-electron chi connectivity index (χ0n) is 11.1. The summed E-state index contributed by atoms with van der Waals surface area (Å²) in [6, 6.07) is 0.296. The van der Waals surface area contributed by atoms with Crippen LogP contribution in [0.1, 0.15) is 31.4 Å². The first-order valence-corrected chi connectivity index (χ1v) is 6.38. The number of hydrogen-bond donors (Lipinski definition) is 1.